The predicted molar refractivity (Wildman–Crippen MR) is 111 cm³/mol. The Bertz CT molecular complexity index is 1180. The van der Waals surface area contributed by atoms with E-state index in [1.54, 1.807) is 48.5 Å². The zero-order valence-corrected chi connectivity index (χ0v) is 16.1. The molecule has 1 aromatic heterocycles. The number of nitrogens with zero attached hydrogens (tertiary/aromatic N) is 1. The summed E-state index contributed by atoms with van der Waals surface area (Å²) in [6.45, 7) is 1.32. The summed E-state index contributed by atoms with van der Waals surface area (Å²) < 4.78 is 0.913. The molecule has 0 aliphatic carbocycles. The summed E-state index contributed by atoms with van der Waals surface area (Å²) in [7, 11) is 0. The van der Waals surface area contributed by atoms with Crippen molar-refractivity contribution >= 4 is 34.8 Å². The van der Waals surface area contributed by atoms with E-state index in [9.17, 15) is 19.2 Å². The van der Waals surface area contributed by atoms with Crippen LogP contribution in [0, 0.1) is 0 Å². The van der Waals surface area contributed by atoms with E-state index < -0.39 is 17.2 Å². The number of aromatic nitrogens is 2. The van der Waals surface area contributed by atoms with Crippen LogP contribution in [0.3, 0.4) is 0 Å². The number of carbonyl (C=O) groups excluding carboxylic acids is 2. The third-order valence-electron chi connectivity index (χ3n) is 4.05. The van der Waals surface area contributed by atoms with Gasteiger partial charge in [0.1, 0.15) is 5.56 Å². The number of carbonyl (C=O) groups is 2. The van der Waals surface area contributed by atoms with Gasteiger partial charge in [-0.15, -0.1) is 0 Å². The van der Waals surface area contributed by atoms with Crippen LogP contribution in [0.1, 0.15) is 22.8 Å². The third kappa shape index (κ3) is 4.80. The minimum absolute atomic E-state index is 0.0691. The molecule has 0 spiro atoms. The SMILES string of the molecule is CC(=O)Nc1ccc(NC(=O)c2c[nH]c(=O)n(Cc3ccccc3Cl)c2=O)cc1. The maximum Gasteiger partial charge on any atom is 0.328 e. The number of anilines is 2. The van der Waals surface area contributed by atoms with E-state index in [4.69, 9.17) is 11.6 Å². The molecule has 9 heteroatoms. The van der Waals surface area contributed by atoms with E-state index in [1.165, 1.54) is 6.92 Å². The third-order valence-corrected chi connectivity index (χ3v) is 4.42. The Morgan fingerprint density at radius 1 is 1.00 bits per heavy atom. The van der Waals surface area contributed by atoms with E-state index in [1.807, 2.05) is 0 Å². The molecule has 0 aliphatic rings. The Morgan fingerprint density at radius 3 is 2.24 bits per heavy atom. The normalized spacial score (nSPS) is 10.4. The maximum absolute atomic E-state index is 12.7. The number of H-pyrrole nitrogens is 1. The van der Waals surface area contributed by atoms with Crippen molar-refractivity contribution in [3.63, 3.8) is 0 Å². The zero-order chi connectivity index (χ0) is 21.0. The van der Waals surface area contributed by atoms with Crippen LogP contribution in [0.2, 0.25) is 5.02 Å². The lowest BCUT2D eigenvalue weighted by molar-refractivity contribution is -0.114. The molecule has 0 aliphatic heterocycles. The van der Waals surface area contributed by atoms with Gasteiger partial charge in [0, 0.05) is 29.5 Å². The molecule has 0 saturated carbocycles. The van der Waals surface area contributed by atoms with Gasteiger partial charge in [-0.05, 0) is 35.9 Å². The molecule has 8 nitrogen and oxygen atoms in total. The molecule has 0 fully saturated rings. The first-order chi connectivity index (χ1) is 13.8. The zero-order valence-electron chi connectivity index (χ0n) is 15.4. The van der Waals surface area contributed by atoms with Gasteiger partial charge in [0.25, 0.3) is 11.5 Å². The topological polar surface area (TPSA) is 113 Å². The first-order valence-electron chi connectivity index (χ1n) is 8.60. The lowest BCUT2D eigenvalue weighted by atomic mass is 10.2. The number of hydrogen-bond donors (Lipinski definition) is 3. The molecule has 0 unspecified atom stereocenters. The quantitative estimate of drug-likeness (QED) is 0.597. The van der Waals surface area contributed by atoms with Crippen molar-refractivity contribution in [2.45, 2.75) is 13.5 Å². The van der Waals surface area contributed by atoms with Gasteiger partial charge in [0.2, 0.25) is 5.91 Å². The van der Waals surface area contributed by atoms with Crippen LogP contribution in [0.15, 0.2) is 64.3 Å². The molecular weight excluding hydrogens is 396 g/mol. The van der Waals surface area contributed by atoms with Gasteiger partial charge in [-0.3, -0.25) is 19.0 Å². The van der Waals surface area contributed by atoms with Crippen molar-refractivity contribution in [2.24, 2.45) is 0 Å². The maximum atomic E-state index is 12.7. The second-order valence-corrected chi connectivity index (χ2v) is 6.61. The van der Waals surface area contributed by atoms with Crippen LogP contribution in [-0.2, 0) is 11.3 Å². The van der Waals surface area contributed by atoms with Crippen LogP contribution in [0.25, 0.3) is 0 Å². The largest absolute Gasteiger partial charge is 0.328 e. The predicted octanol–water partition coefficient (Wildman–Crippen LogP) is 2.45. The summed E-state index contributed by atoms with van der Waals surface area (Å²) in [5.41, 5.74) is -0.0309. The van der Waals surface area contributed by atoms with Crippen molar-refractivity contribution in [1.29, 1.82) is 0 Å². The Labute approximate surface area is 170 Å². The van der Waals surface area contributed by atoms with Gasteiger partial charge < -0.3 is 15.6 Å². The molecule has 0 bridgehead atoms. The summed E-state index contributed by atoms with van der Waals surface area (Å²) in [6.07, 6.45) is 1.08. The lowest BCUT2D eigenvalue weighted by Crippen LogP contribution is -2.39. The van der Waals surface area contributed by atoms with E-state index >= 15 is 0 Å². The second-order valence-electron chi connectivity index (χ2n) is 6.20. The number of benzene rings is 2. The number of rotatable bonds is 5. The van der Waals surface area contributed by atoms with Crippen LogP contribution < -0.4 is 21.9 Å². The Morgan fingerprint density at radius 2 is 1.62 bits per heavy atom. The molecule has 1 heterocycles. The highest BCUT2D eigenvalue weighted by atomic mass is 35.5. The first-order valence-corrected chi connectivity index (χ1v) is 8.98. The van der Waals surface area contributed by atoms with Crippen LogP contribution in [-0.4, -0.2) is 21.4 Å². The van der Waals surface area contributed by atoms with Crippen LogP contribution >= 0.6 is 11.6 Å². The average molecular weight is 413 g/mol. The summed E-state index contributed by atoms with van der Waals surface area (Å²) >= 11 is 6.10. The van der Waals surface area contributed by atoms with Crippen molar-refractivity contribution < 1.29 is 9.59 Å². The minimum Gasteiger partial charge on any atom is -0.326 e. The molecule has 0 atom stereocenters. The molecular formula is C20H17ClN4O4. The van der Waals surface area contributed by atoms with Gasteiger partial charge in [-0.2, -0.15) is 0 Å². The van der Waals surface area contributed by atoms with E-state index in [-0.39, 0.29) is 18.0 Å². The van der Waals surface area contributed by atoms with E-state index in [0.717, 1.165) is 10.8 Å². The minimum atomic E-state index is -0.735. The molecule has 0 radical (unpaired) electrons. The van der Waals surface area contributed by atoms with Gasteiger partial charge in [-0.1, -0.05) is 29.8 Å². The number of aromatic amines is 1. The van der Waals surface area contributed by atoms with Gasteiger partial charge in [0.05, 0.1) is 6.54 Å². The van der Waals surface area contributed by atoms with Crippen LogP contribution in [0.5, 0.6) is 0 Å². The molecule has 3 N–H and O–H groups in total. The van der Waals surface area contributed by atoms with Crippen molar-refractivity contribution in [3.05, 3.63) is 91.7 Å². The Hall–Kier alpha value is -3.65. The molecule has 3 aromatic rings. The van der Waals surface area contributed by atoms with E-state index in [2.05, 4.69) is 15.6 Å². The summed E-state index contributed by atoms with van der Waals surface area (Å²) in [5.74, 6) is -0.888. The molecule has 148 valence electrons. The highest BCUT2D eigenvalue weighted by Crippen LogP contribution is 2.16. The second kappa shape index (κ2) is 8.57. The fourth-order valence-corrected chi connectivity index (χ4v) is 2.85. The van der Waals surface area contributed by atoms with Gasteiger partial charge in [0.15, 0.2) is 0 Å². The van der Waals surface area contributed by atoms with Gasteiger partial charge in [-0.25, -0.2) is 4.79 Å². The fraction of sp³-hybridized carbons (Fsp3) is 0.100. The first kappa shape index (κ1) is 20.1. The van der Waals surface area contributed by atoms with Crippen molar-refractivity contribution in [1.82, 2.24) is 9.55 Å². The summed E-state index contributed by atoms with van der Waals surface area (Å²) in [6, 6.07) is 13.2. The van der Waals surface area contributed by atoms with Gasteiger partial charge >= 0.3 is 5.69 Å². The number of hydrogen-bond acceptors (Lipinski definition) is 4. The smallest absolute Gasteiger partial charge is 0.326 e. The van der Waals surface area contributed by atoms with E-state index in [0.29, 0.717) is 22.0 Å². The highest BCUT2D eigenvalue weighted by molar-refractivity contribution is 6.31. The van der Waals surface area contributed by atoms with Crippen LogP contribution in [0.4, 0.5) is 11.4 Å². The average Bonchev–Trinajstić information content (AvgIpc) is 2.67. The molecule has 29 heavy (non-hydrogen) atoms. The summed E-state index contributed by atoms with van der Waals surface area (Å²) in [5, 5.41) is 5.61. The number of halogens is 1. The molecule has 0 saturated heterocycles. The Balaban J connectivity index is 1.84. The number of nitrogens with one attached hydrogen (secondary N) is 3. The van der Waals surface area contributed by atoms with Crippen molar-refractivity contribution in [3.8, 4) is 0 Å². The molecule has 3 rings (SSSR count). The molecule has 2 aromatic carbocycles. The monoisotopic (exact) mass is 412 g/mol. The number of amides is 2. The molecule has 2 amide bonds. The highest BCUT2D eigenvalue weighted by Gasteiger charge is 2.16. The lowest BCUT2D eigenvalue weighted by Gasteiger charge is -2.09. The van der Waals surface area contributed by atoms with Crippen molar-refractivity contribution in [2.75, 3.05) is 10.6 Å². The summed E-state index contributed by atoms with van der Waals surface area (Å²) in [4.78, 5) is 50.8. The standard InChI is InChI=1S/C20H17ClN4O4/c1-12(26)23-14-6-8-15(9-7-14)24-18(27)16-10-22-20(29)25(19(16)28)11-13-4-2-3-5-17(13)21/h2-10H,11H2,1H3,(H,22,29)(H,23,26)(H,24,27). The Kier molecular flexibility index (Phi) is 5.94. The fourth-order valence-electron chi connectivity index (χ4n) is 2.65.